The van der Waals surface area contributed by atoms with Gasteiger partial charge in [0.15, 0.2) is 16.4 Å². The minimum atomic E-state index is -1.05. The summed E-state index contributed by atoms with van der Waals surface area (Å²) in [5.74, 6) is 1.92. The molecule has 0 spiro atoms. The number of amides is 1. The molecule has 1 amide bonds. The maximum absolute atomic E-state index is 12.7. The van der Waals surface area contributed by atoms with E-state index in [9.17, 15) is 4.79 Å². The Bertz CT molecular complexity index is 1070. The van der Waals surface area contributed by atoms with Crippen LogP contribution in [-0.2, 0) is 16.1 Å². The van der Waals surface area contributed by atoms with Crippen LogP contribution in [0.1, 0.15) is 20.8 Å². The van der Waals surface area contributed by atoms with Gasteiger partial charge in [-0.3, -0.25) is 4.79 Å². The third kappa shape index (κ3) is 6.72. The van der Waals surface area contributed by atoms with Gasteiger partial charge in [0.1, 0.15) is 11.6 Å². The van der Waals surface area contributed by atoms with Crippen LogP contribution in [0.5, 0.6) is 5.75 Å². The number of benzene rings is 1. The average Bonchev–Trinajstić information content (AvgIpc) is 3.18. The summed E-state index contributed by atoms with van der Waals surface area (Å²) >= 11 is 7.47. The van der Waals surface area contributed by atoms with Gasteiger partial charge in [0.05, 0.1) is 24.7 Å². The Hall–Kier alpha value is -2.56. The third-order valence-electron chi connectivity index (χ3n) is 4.69. The number of methoxy groups -OCH3 is 1. The molecule has 3 aromatic rings. The Morgan fingerprint density at radius 2 is 1.97 bits per heavy atom. The number of carbonyl (C=O) groups is 1. The predicted octanol–water partition coefficient (Wildman–Crippen LogP) is 3.62. The van der Waals surface area contributed by atoms with Gasteiger partial charge in [-0.15, -0.1) is 0 Å². The molecule has 0 saturated carbocycles. The summed E-state index contributed by atoms with van der Waals surface area (Å²) in [4.78, 5) is 22.0. The largest absolute Gasteiger partial charge is 0.478 e. The van der Waals surface area contributed by atoms with Crippen molar-refractivity contribution in [2.45, 2.75) is 38.1 Å². The highest BCUT2D eigenvalue weighted by Crippen LogP contribution is 2.24. The highest BCUT2D eigenvalue weighted by molar-refractivity contribution is 7.99. The Morgan fingerprint density at radius 1 is 1.21 bits per heavy atom. The third-order valence-corrected chi connectivity index (χ3v) is 5.67. The van der Waals surface area contributed by atoms with Gasteiger partial charge in [-0.2, -0.15) is 5.10 Å². The maximum atomic E-state index is 12.7. The summed E-state index contributed by atoms with van der Waals surface area (Å²) in [5, 5.41) is 12.8. The number of nitrogens with zero attached hydrogens (tertiary/aromatic N) is 4. The van der Waals surface area contributed by atoms with E-state index >= 15 is 0 Å². The second kappa shape index (κ2) is 11.5. The number of aromatic nitrogens is 4. The fourth-order valence-corrected chi connectivity index (χ4v) is 3.72. The van der Waals surface area contributed by atoms with Gasteiger partial charge in [0, 0.05) is 25.2 Å². The van der Waals surface area contributed by atoms with Gasteiger partial charge >= 0.3 is 0 Å². The van der Waals surface area contributed by atoms with Crippen molar-refractivity contribution in [3.05, 3.63) is 35.5 Å². The van der Waals surface area contributed by atoms with E-state index in [0.717, 1.165) is 17.0 Å². The predicted molar refractivity (Wildman–Crippen MR) is 131 cm³/mol. The van der Waals surface area contributed by atoms with Crippen LogP contribution in [0.4, 0.5) is 5.82 Å². The van der Waals surface area contributed by atoms with Crippen LogP contribution in [0.15, 0.2) is 35.6 Å². The van der Waals surface area contributed by atoms with Gasteiger partial charge in [-0.05, 0) is 43.9 Å². The molecule has 11 heteroatoms. The first-order valence-corrected chi connectivity index (χ1v) is 12.0. The number of hydrogen-bond donors (Lipinski definition) is 2. The molecule has 3 rings (SSSR count). The quantitative estimate of drug-likeness (QED) is 0.224. The Balaban J connectivity index is 1.66. The standard InChI is InChI=1S/C22H29ClN6O3S/c1-5-33-21-27-18(24-11-13-31-4)17-14-26-29(19(17)28-21)12-10-25-20(30)22(2,3)32-16-8-6-15(23)7-9-16/h6-9,14H,5,10-13H2,1-4H3,(H,25,30)(H,24,27,28). The van der Waals surface area contributed by atoms with Crippen molar-refractivity contribution in [2.75, 3.05) is 37.9 Å². The second-order valence-corrected chi connectivity index (χ2v) is 9.30. The molecule has 0 aliphatic carbocycles. The second-order valence-electron chi connectivity index (χ2n) is 7.63. The first kappa shape index (κ1) is 25.1. The zero-order valence-electron chi connectivity index (χ0n) is 19.2. The van der Waals surface area contributed by atoms with Crippen molar-refractivity contribution in [1.82, 2.24) is 25.1 Å². The summed E-state index contributed by atoms with van der Waals surface area (Å²) in [6, 6.07) is 6.91. The number of carbonyl (C=O) groups excluding carboxylic acids is 1. The van der Waals surface area contributed by atoms with Crippen LogP contribution in [0, 0.1) is 0 Å². The van der Waals surface area contributed by atoms with Crippen LogP contribution in [0.2, 0.25) is 5.02 Å². The van der Waals surface area contributed by atoms with Gasteiger partial charge in [0.25, 0.3) is 5.91 Å². The molecule has 2 N–H and O–H groups in total. The van der Waals surface area contributed by atoms with Crippen molar-refractivity contribution >= 4 is 46.1 Å². The minimum Gasteiger partial charge on any atom is -0.478 e. The molecule has 0 aliphatic rings. The lowest BCUT2D eigenvalue weighted by molar-refractivity contribution is -0.134. The molecule has 0 radical (unpaired) electrons. The van der Waals surface area contributed by atoms with E-state index in [-0.39, 0.29) is 5.91 Å². The zero-order valence-corrected chi connectivity index (χ0v) is 20.8. The smallest absolute Gasteiger partial charge is 0.263 e. The number of hydrogen-bond acceptors (Lipinski definition) is 8. The van der Waals surface area contributed by atoms with Crippen LogP contribution < -0.4 is 15.4 Å². The molecule has 0 unspecified atom stereocenters. The Kier molecular flexibility index (Phi) is 8.76. The monoisotopic (exact) mass is 492 g/mol. The van der Waals surface area contributed by atoms with Crippen LogP contribution in [-0.4, -0.2) is 63.8 Å². The number of nitrogens with one attached hydrogen (secondary N) is 2. The van der Waals surface area contributed by atoms with E-state index in [1.165, 1.54) is 0 Å². The molecular weight excluding hydrogens is 464 g/mol. The van der Waals surface area contributed by atoms with E-state index in [4.69, 9.17) is 21.1 Å². The molecule has 0 fully saturated rings. The number of ether oxygens (including phenoxy) is 2. The maximum Gasteiger partial charge on any atom is 0.263 e. The highest BCUT2D eigenvalue weighted by Gasteiger charge is 2.29. The fourth-order valence-electron chi connectivity index (χ4n) is 3.03. The van der Waals surface area contributed by atoms with E-state index in [0.29, 0.717) is 47.8 Å². The van der Waals surface area contributed by atoms with Gasteiger partial charge in [-0.1, -0.05) is 30.3 Å². The lowest BCUT2D eigenvalue weighted by Crippen LogP contribution is -2.47. The van der Waals surface area contributed by atoms with Gasteiger partial charge in [0.2, 0.25) is 0 Å². The molecule has 2 aromatic heterocycles. The normalized spacial score (nSPS) is 11.5. The van der Waals surface area contributed by atoms with Gasteiger partial charge < -0.3 is 20.1 Å². The van der Waals surface area contributed by atoms with Crippen molar-refractivity contribution in [3.63, 3.8) is 0 Å². The molecule has 0 aliphatic heterocycles. The van der Waals surface area contributed by atoms with Crippen LogP contribution >= 0.6 is 23.4 Å². The number of rotatable bonds is 12. The lowest BCUT2D eigenvalue weighted by atomic mass is 10.1. The number of thioether (sulfide) groups is 1. The lowest BCUT2D eigenvalue weighted by Gasteiger charge is -2.25. The van der Waals surface area contributed by atoms with Crippen molar-refractivity contribution in [1.29, 1.82) is 0 Å². The molecule has 33 heavy (non-hydrogen) atoms. The topological polar surface area (TPSA) is 103 Å². The van der Waals surface area contributed by atoms with Crippen molar-refractivity contribution in [3.8, 4) is 5.75 Å². The molecule has 0 bridgehead atoms. The van der Waals surface area contributed by atoms with E-state index in [2.05, 4.69) is 32.6 Å². The number of anilines is 1. The Morgan fingerprint density at radius 3 is 2.67 bits per heavy atom. The molecule has 9 nitrogen and oxygen atoms in total. The summed E-state index contributed by atoms with van der Waals surface area (Å²) in [6.45, 7) is 7.52. The molecule has 1 aromatic carbocycles. The first-order chi connectivity index (χ1) is 15.8. The van der Waals surface area contributed by atoms with E-state index < -0.39 is 5.60 Å². The summed E-state index contributed by atoms with van der Waals surface area (Å²) < 4.78 is 12.7. The SMILES string of the molecule is CCSc1nc(NCCOC)c2cnn(CCNC(=O)C(C)(C)Oc3ccc(Cl)cc3)c2n1. The summed E-state index contributed by atoms with van der Waals surface area (Å²) in [5.41, 5.74) is -0.335. The first-order valence-electron chi connectivity index (χ1n) is 10.7. The Labute approximate surface area is 202 Å². The fraction of sp³-hybridized carbons (Fsp3) is 0.455. The minimum absolute atomic E-state index is 0.229. The zero-order chi connectivity index (χ0) is 23.8. The number of fused-ring (bicyclic) bond motifs is 1. The molecule has 178 valence electrons. The van der Waals surface area contributed by atoms with Gasteiger partial charge in [-0.25, -0.2) is 14.6 Å². The van der Waals surface area contributed by atoms with E-state index in [1.807, 2.05) is 0 Å². The van der Waals surface area contributed by atoms with Crippen LogP contribution in [0.3, 0.4) is 0 Å². The number of halogens is 1. The molecule has 0 atom stereocenters. The molecular formula is C22H29ClN6O3S. The van der Waals surface area contributed by atoms with E-state index in [1.54, 1.807) is 67.9 Å². The average molecular weight is 493 g/mol. The van der Waals surface area contributed by atoms with Crippen molar-refractivity contribution in [2.24, 2.45) is 0 Å². The summed E-state index contributed by atoms with van der Waals surface area (Å²) in [6.07, 6.45) is 1.74. The highest BCUT2D eigenvalue weighted by atomic mass is 35.5. The summed E-state index contributed by atoms with van der Waals surface area (Å²) in [7, 11) is 1.66. The molecule has 0 saturated heterocycles. The van der Waals surface area contributed by atoms with Crippen molar-refractivity contribution < 1.29 is 14.3 Å². The van der Waals surface area contributed by atoms with Crippen LogP contribution in [0.25, 0.3) is 11.0 Å². The molecule has 2 heterocycles.